The van der Waals surface area contributed by atoms with Crippen molar-refractivity contribution in [3.8, 4) is 5.82 Å². The third kappa shape index (κ3) is 3.23. The SMILES string of the molecule is CCCc1c(Cc2ccnn2-c2ncccc2C2=NC2)ncn2nc(C(F)F)nc12. The van der Waals surface area contributed by atoms with Gasteiger partial charge in [0.2, 0.25) is 5.82 Å². The summed E-state index contributed by atoms with van der Waals surface area (Å²) in [6, 6.07) is 5.77. The van der Waals surface area contributed by atoms with Gasteiger partial charge in [-0.15, -0.1) is 5.10 Å². The van der Waals surface area contributed by atoms with Crippen LogP contribution in [0.15, 0.2) is 41.9 Å². The highest BCUT2D eigenvalue weighted by atomic mass is 19.3. The third-order valence-electron chi connectivity index (χ3n) is 4.97. The van der Waals surface area contributed by atoms with Gasteiger partial charge in [-0.2, -0.15) is 5.10 Å². The van der Waals surface area contributed by atoms with Gasteiger partial charge in [0.05, 0.1) is 23.6 Å². The molecule has 0 atom stereocenters. The Morgan fingerprint density at radius 3 is 2.80 bits per heavy atom. The summed E-state index contributed by atoms with van der Waals surface area (Å²) in [4.78, 5) is 17.4. The molecule has 0 bridgehead atoms. The van der Waals surface area contributed by atoms with Crippen molar-refractivity contribution in [1.82, 2.24) is 34.3 Å². The van der Waals surface area contributed by atoms with Crippen molar-refractivity contribution >= 4 is 11.4 Å². The molecule has 0 unspecified atom stereocenters. The van der Waals surface area contributed by atoms with E-state index in [1.807, 2.05) is 25.1 Å². The van der Waals surface area contributed by atoms with Crippen LogP contribution in [0.3, 0.4) is 0 Å². The standard InChI is InChI=1S/C20H18F2N8/c1-2-4-13-15(25-11-29-20(13)27-18(28-29)17(21)22)9-12-6-8-26-30(12)19-14(16-10-24-16)5-3-7-23-19/h3,5-8,11,17H,2,4,9-10H2,1H3. The molecule has 0 amide bonds. The maximum Gasteiger partial charge on any atom is 0.299 e. The molecule has 0 radical (unpaired) electrons. The van der Waals surface area contributed by atoms with E-state index in [9.17, 15) is 8.78 Å². The van der Waals surface area contributed by atoms with Gasteiger partial charge in [-0.1, -0.05) is 13.3 Å². The second-order valence-electron chi connectivity index (χ2n) is 7.01. The molecule has 1 aliphatic heterocycles. The van der Waals surface area contributed by atoms with Gasteiger partial charge >= 0.3 is 0 Å². The first-order chi connectivity index (χ1) is 14.7. The van der Waals surface area contributed by atoms with E-state index in [1.54, 1.807) is 17.1 Å². The van der Waals surface area contributed by atoms with Crippen LogP contribution in [-0.4, -0.2) is 46.6 Å². The van der Waals surface area contributed by atoms with Gasteiger partial charge in [-0.3, -0.25) is 4.99 Å². The van der Waals surface area contributed by atoms with Crippen LogP contribution in [0.5, 0.6) is 0 Å². The van der Waals surface area contributed by atoms with E-state index in [0.29, 0.717) is 30.9 Å². The molecule has 4 aromatic rings. The van der Waals surface area contributed by atoms with Crippen molar-refractivity contribution in [2.24, 2.45) is 4.99 Å². The van der Waals surface area contributed by atoms with Crippen molar-refractivity contribution in [2.45, 2.75) is 32.6 Å². The van der Waals surface area contributed by atoms with Crippen LogP contribution < -0.4 is 0 Å². The molecular weight excluding hydrogens is 390 g/mol. The van der Waals surface area contributed by atoms with Gasteiger partial charge in [0.15, 0.2) is 11.5 Å². The van der Waals surface area contributed by atoms with Crippen molar-refractivity contribution in [3.05, 3.63) is 65.3 Å². The Morgan fingerprint density at radius 2 is 2.03 bits per heavy atom. The van der Waals surface area contributed by atoms with Crippen molar-refractivity contribution in [3.63, 3.8) is 0 Å². The molecule has 8 nitrogen and oxygen atoms in total. The molecule has 10 heteroatoms. The molecule has 0 saturated carbocycles. The van der Waals surface area contributed by atoms with Crippen molar-refractivity contribution < 1.29 is 8.78 Å². The minimum Gasteiger partial charge on any atom is -0.281 e. The largest absolute Gasteiger partial charge is 0.299 e. The lowest BCUT2D eigenvalue weighted by Gasteiger charge is -2.12. The first-order valence-corrected chi connectivity index (χ1v) is 9.69. The lowest BCUT2D eigenvalue weighted by molar-refractivity contribution is 0.140. The molecule has 0 aliphatic carbocycles. The van der Waals surface area contributed by atoms with Gasteiger partial charge < -0.3 is 0 Å². The van der Waals surface area contributed by atoms with Crippen LogP contribution in [0.4, 0.5) is 8.78 Å². The topological polar surface area (TPSA) is 86.2 Å². The van der Waals surface area contributed by atoms with Gasteiger partial charge in [-0.25, -0.2) is 32.9 Å². The van der Waals surface area contributed by atoms with Crippen LogP contribution in [0.1, 0.15) is 48.1 Å². The molecule has 0 saturated heterocycles. The summed E-state index contributed by atoms with van der Waals surface area (Å²) >= 11 is 0. The summed E-state index contributed by atoms with van der Waals surface area (Å²) in [5, 5.41) is 8.31. The number of fused-ring (bicyclic) bond motifs is 1. The zero-order valence-corrected chi connectivity index (χ0v) is 16.2. The summed E-state index contributed by atoms with van der Waals surface area (Å²) in [7, 11) is 0. The van der Waals surface area contributed by atoms with Crippen LogP contribution in [0.2, 0.25) is 0 Å². The Balaban J connectivity index is 1.57. The summed E-state index contributed by atoms with van der Waals surface area (Å²) in [6.07, 6.45) is 4.11. The van der Waals surface area contributed by atoms with E-state index in [0.717, 1.165) is 34.6 Å². The number of hydrogen-bond acceptors (Lipinski definition) is 6. The van der Waals surface area contributed by atoms with E-state index in [1.165, 1.54) is 10.8 Å². The highest BCUT2D eigenvalue weighted by Crippen LogP contribution is 2.23. The van der Waals surface area contributed by atoms with E-state index in [4.69, 9.17) is 0 Å². The zero-order chi connectivity index (χ0) is 20.7. The summed E-state index contributed by atoms with van der Waals surface area (Å²) in [5.41, 5.74) is 4.86. The van der Waals surface area contributed by atoms with Crippen LogP contribution >= 0.6 is 0 Å². The monoisotopic (exact) mass is 408 g/mol. The molecule has 0 N–H and O–H groups in total. The first-order valence-electron chi connectivity index (χ1n) is 9.69. The number of pyridine rings is 1. The fourth-order valence-corrected chi connectivity index (χ4v) is 3.54. The highest BCUT2D eigenvalue weighted by molar-refractivity contribution is 6.12. The van der Waals surface area contributed by atoms with E-state index < -0.39 is 12.2 Å². The number of aryl methyl sites for hydroxylation is 1. The van der Waals surface area contributed by atoms with Gasteiger partial charge in [0.25, 0.3) is 6.43 Å². The molecule has 0 fully saturated rings. The van der Waals surface area contributed by atoms with Gasteiger partial charge in [-0.05, 0) is 24.6 Å². The molecule has 5 heterocycles. The van der Waals surface area contributed by atoms with Gasteiger partial charge in [0, 0.05) is 29.9 Å². The highest BCUT2D eigenvalue weighted by Gasteiger charge is 2.22. The zero-order valence-electron chi connectivity index (χ0n) is 16.2. The first kappa shape index (κ1) is 18.5. The molecule has 30 heavy (non-hydrogen) atoms. The van der Waals surface area contributed by atoms with Crippen LogP contribution in [0, 0.1) is 0 Å². The summed E-state index contributed by atoms with van der Waals surface area (Å²) < 4.78 is 29.3. The lowest BCUT2D eigenvalue weighted by Crippen LogP contribution is -2.11. The van der Waals surface area contributed by atoms with Crippen LogP contribution in [0.25, 0.3) is 11.5 Å². The quantitative estimate of drug-likeness (QED) is 0.469. The van der Waals surface area contributed by atoms with Gasteiger partial charge in [0.1, 0.15) is 6.33 Å². The number of rotatable bonds is 7. The van der Waals surface area contributed by atoms with E-state index in [2.05, 4.69) is 30.1 Å². The Kier molecular flexibility index (Phi) is 4.53. The van der Waals surface area contributed by atoms with Crippen LogP contribution in [-0.2, 0) is 12.8 Å². The second-order valence-corrected chi connectivity index (χ2v) is 7.01. The van der Waals surface area contributed by atoms with Crippen molar-refractivity contribution in [1.29, 1.82) is 0 Å². The maximum atomic E-state index is 13.1. The maximum absolute atomic E-state index is 13.1. The smallest absolute Gasteiger partial charge is 0.281 e. The molecule has 5 rings (SSSR count). The van der Waals surface area contributed by atoms with E-state index >= 15 is 0 Å². The van der Waals surface area contributed by atoms with Crippen molar-refractivity contribution in [2.75, 3.05) is 6.54 Å². The Hall–Kier alpha value is -3.56. The molecule has 0 spiro atoms. The molecule has 4 aromatic heterocycles. The van der Waals surface area contributed by atoms with E-state index in [-0.39, 0.29) is 0 Å². The normalized spacial score (nSPS) is 13.3. The minimum atomic E-state index is -2.72. The summed E-state index contributed by atoms with van der Waals surface area (Å²) in [5.74, 6) is 0.231. The second kappa shape index (κ2) is 7.36. The number of aromatic nitrogens is 7. The minimum absolute atomic E-state index is 0.425. The Morgan fingerprint density at radius 1 is 1.17 bits per heavy atom. The Labute approximate surface area is 170 Å². The molecular formula is C20H18F2N8. The molecule has 152 valence electrons. The number of alkyl halides is 2. The number of hydrogen-bond donors (Lipinski definition) is 0. The number of aliphatic imine (C=N–C) groups is 1. The third-order valence-corrected chi connectivity index (χ3v) is 4.97. The molecule has 1 aliphatic rings. The lowest BCUT2D eigenvalue weighted by atomic mass is 10.1. The summed E-state index contributed by atoms with van der Waals surface area (Å²) in [6.45, 7) is 2.74. The Bertz CT molecular complexity index is 1260. The average molecular weight is 408 g/mol. The average Bonchev–Trinajstić information content (AvgIpc) is 3.33. The molecule has 0 aromatic carbocycles. The fourth-order valence-electron chi connectivity index (χ4n) is 3.54. The number of halogens is 2. The predicted molar refractivity (Wildman–Crippen MR) is 105 cm³/mol. The fraction of sp³-hybridized carbons (Fsp3) is 0.300. The predicted octanol–water partition coefficient (Wildman–Crippen LogP) is 2.99. The number of nitrogens with zero attached hydrogens (tertiary/aromatic N) is 8.